The molecule has 0 saturated carbocycles. The molecular weight excluding hydrogens is 522 g/mol. The van der Waals surface area contributed by atoms with E-state index in [1.54, 1.807) is 35.9 Å². The lowest BCUT2D eigenvalue weighted by Crippen LogP contribution is -2.49. The van der Waals surface area contributed by atoms with E-state index in [-0.39, 0.29) is 18.9 Å². The van der Waals surface area contributed by atoms with Gasteiger partial charge in [0.2, 0.25) is 17.7 Å². The fourth-order valence-corrected chi connectivity index (χ4v) is 7.47. The number of carbonyl (C=O) groups is 2. The summed E-state index contributed by atoms with van der Waals surface area (Å²) in [6.45, 7) is 5.83. The summed E-state index contributed by atoms with van der Waals surface area (Å²) >= 11 is 0. The Balaban J connectivity index is 1.21. The molecule has 4 aromatic rings. The molecule has 0 aliphatic carbocycles. The van der Waals surface area contributed by atoms with Gasteiger partial charge < -0.3 is 14.6 Å². The highest BCUT2D eigenvalue weighted by Crippen LogP contribution is 2.62. The summed E-state index contributed by atoms with van der Waals surface area (Å²) in [7, 11) is 1.84. The predicted octanol–water partition coefficient (Wildman–Crippen LogP) is 3.48. The van der Waals surface area contributed by atoms with Crippen molar-refractivity contribution in [2.45, 2.75) is 50.9 Å². The smallest absolute Gasteiger partial charge is 0.240 e. The van der Waals surface area contributed by atoms with E-state index in [2.05, 4.69) is 16.2 Å². The fraction of sp³-hybridized carbons (Fsp3) is 0.387. The van der Waals surface area contributed by atoms with Gasteiger partial charge in [0, 0.05) is 42.1 Å². The zero-order chi connectivity index (χ0) is 28.8. The third kappa shape index (κ3) is 3.36. The van der Waals surface area contributed by atoms with E-state index in [1.807, 2.05) is 39.1 Å². The third-order valence-corrected chi connectivity index (χ3v) is 9.29. The first-order valence-corrected chi connectivity index (χ1v) is 13.7. The van der Waals surface area contributed by atoms with E-state index < -0.39 is 35.0 Å². The number of hydrogen-bond acceptors (Lipinski definition) is 8. The Kier molecular flexibility index (Phi) is 5.37. The summed E-state index contributed by atoms with van der Waals surface area (Å²) in [5.41, 5.74) is 1.25. The number of imide groups is 1. The number of rotatable bonds is 5. The van der Waals surface area contributed by atoms with Crippen LogP contribution >= 0.6 is 0 Å². The number of aliphatic hydroxyl groups excluding tert-OH is 1. The number of fused-ring (bicyclic) bond motifs is 7. The summed E-state index contributed by atoms with van der Waals surface area (Å²) in [5, 5.41) is 27.4. The number of hydrogen-bond donors (Lipinski definition) is 1. The van der Waals surface area contributed by atoms with Crippen molar-refractivity contribution in [3.05, 3.63) is 59.3 Å². The number of aryl methyl sites for hydroxylation is 3. The van der Waals surface area contributed by atoms with Crippen LogP contribution in [0, 0.1) is 37.0 Å². The second-order valence-corrected chi connectivity index (χ2v) is 11.6. The van der Waals surface area contributed by atoms with E-state index in [4.69, 9.17) is 9.47 Å². The lowest BCUT2D eigenvalue weighted by Gasteiger charge is -2.33. The zero-order valence-electron chi connectivity index (χ0n) is 23.2. The molecule has 3 saturated heterocycles. The number of nitriles is 1. The van der Waals surface area contributed by atoms with Crippen LogP contribution in [-0.4, -0.2) is 55.6 Å². The maximum atomic E-state index is 14.1. The van der Waals surface area contributed by atoms with E-state index >= 15 is 0 Å². The Hall–Kier alpha value is -4.33. The molecule has 3 aliphatic rings. The van der Waals surface area contributed by atoms with E-state index in [0.717, 1.165) is 22.3 Å². The van der Waals surface area contributed by atoms with Crippen LogP contribution in [0.4, 0.5) is 5.69 Å². The monoisotopic (exact) mass is 551 g/mol. The number of ether oxygens (including phenoxy) is 2. The molecule has 208 valence electrons. The molecule has 10 heteroatoms. The largest absolute Gasteiger partial charge is 0.477 e. The van der Waals surface area contributed by atoms with Crippen LogP contribution in [0.1, 0.15) is 36.6 Å². The SMILES string of the molecule is Cc1cc(OCCC23CC(O)C(C)(O2)C2C(=O)N(c4ccc(C#N)c5ccccc45)C(=O)C23)nc2c1c(C)nn2C. The van der Waals surface area contributed by atoms with Gasteiger partial charge in [-0.1, -0.05) is 24.3 Å². The highest BCUT2D eigenvalue weighted by atomic mass is 16.6. The molecule has 5 heterocycles. The van der Waals surface area contributed by atoms with Gasteiger partial charge in [-0.3, -0.25) is 14.3 Å². The molecule has 0 radical (unpaired) electrons. The topological polar surface area (TPSA) is 131 Å². The molecule has 5 unspecified atom stereocenters. The second kappa shape index (κ2) is 8.59. The van der Waals surface area contributed by atoms with E-state index in [1.165, 1.54) is 4.90 Å². The number of pyridine rings is 1. The van der Waals surface area contributed by atoms with Gasteiger partial charge in [-0.25, -0.2) is 4.90 Å². The highest BCUT2D eigenvalue weighted by Gasteiger charge is 2.77. The van der Waals surface area contributed by atoms with Gasteiger partial charge >= 0.3 is 0 Å². The van der Waals surface area contributed by atoms with Crippen molar-refractivity contribution in [2.24, 2.45) is 18.9 Å². The molecule has 3 aliphatic heterocycles. The summed E-state index contributed by atoms with van der Waals surface area (Å²) in [6, 6.07) is 14.6. The first-order valence-electron chi connectivity index (χ1n) is 13.7. The minimum atomic E-state index is -1.20. The minimum Gasteiger partial charge on any atom is -0.477 e. The Morgan fingerprint density at radius 3 is 2.63 bits per heavy atom. The molecule has 2 bridgehead atoms. The van der Waals surface area contributed by atoms with Crippen molar-refractivity contribution in [3.63, 3.8) is 0 Å². The molecule has 7 rings (SSSR count). The van der Waals surface area contributed by atoms with Crippen molar-refractivity contribution >= 4 is 39.3 Å². The molecule has 2 aromatic heterocycles. The minimum absolute atomic E-state index is 0.183. The summed E-state index contributed by atoms with van der Waals surface area (Å²) in [4.78, 5) is 34.0. The number of benzene rings is 2. The predicted molar refractivity (Wildman–Crippen MR) is 149 cm³/mol. The van der Waals surface area contributed by atoms with Gasteiger partial charge in [0.25, 0.3) is 0 Å². The Labute approximate surface area is 236 Å². The van der Waals surface area contributed by atoms with Crippen LogP contribution < -0.4 is 9.64 Å². The molecule has 10 nitrogen and oxygen atoms in total. The van der Waals surface area contributed by atoms with Crippen LogP contribution in [0.25, 0.3) is 21.8 Å². The lowest BCUT2D eigenvalue weighted by molar-refractivity contribution is -0.134. The normalized spacial score (nSPS) is 28.6. The first-order chi connectivity index (χ1) is 19.6. The van der Waals surface area contributed by atoms with Gasteiger partial charge in [-0.05, 0) is 38.5 Å². The first kappa shape index (κ1) is 25.6. The molecule has 41 heavy (non-hydrogen) atoms. The summed E-state index contributed by atoms with van der Waals surface area (Å²) in [5.74, 6) is -1.91. The van der Waals surface area contributed by atoms with Crippen molar-refractivity contribution in [3.8, 4) is 11.9 Å². The highest BCUT2D eigenvalue weighted by molar-refractivity contribution is 6.26. The zero-order valence-corrected chi connectivity index (χ0v) is 23.2. The Bertz CT molecular complexity index is 1840. The number of aromatic nitrogens is 3. The van der Waals surface area contributed by atoms with Crippen molar-refractivity contribution in [2.75, 3.05) is 11.5 Å². The van der Waals surface area contributed by atoms with Gasteiger partial charge in [0.1, 0.15) is 5.60 Å². The second-order valence-electron chi connectivity index (χ2n) is 11.6. The summed E-state index contributed by atoms with van der Waals surface area (Å²) in [6.07, 6.45) is -0.390. The van der Waals surface area contributed by atoms with Crippen LogP contribution in [-0.2, 0) is 21.4 Å². The average Bonchev–Trinajstić information content (AvgIpc) is 3.57. The quantitative estimate of drug-likeness (QED) is 0.373. The number of aliphatic hydroxyl groups is 1. The van der Waals surface area contributed by atoms with Gasteiger partial charge in [0.15, 0.2) is 5.65 Å². The van der Waals surface area contributed by atoms with E-state index in [0.29, 0.717) is 34.3 Å². The molecule has 3 fully saturated rings. The van der Waals surface area contributed by atoms with Crippen molar-refractivity contribution in [1.29, 1.82) is 5.26 Å². The number of anilines is 1. The van der Waals surface area contributed by atoms with Crippen LogP contribution in [0.5, 0.6) is 5.88 Å². The number of amides is 2. The Morgan fingerprint density at radius 2 is 1.88 bits per heavy atom. The van der Waals surface area contributed by atoms with Crippen molar-refractivity contribution in [1.82, 2.24) is 14.8 Å². The average molecular weight is 552 g/mol. The Morgan fingerprint density at radius 1 is 1.15 bits per heavy atom. The number of carbonyl (C=O) groups excluding carboxylic acids is 2. The third-order valence-electron chi connectivity index (χ3n) is 9.29. The molecule has 5 atom stereocenters. The van der Waals surface area contributed by atoms with Gasteiger partial charge in [0.05, 0.1) is 53.2 Å². The lowest BCUT2D eigenvalue weighted by atomic mass is 9.66. The molecular formula is C31H29N5O5. The van der Waals surface area contributed by atoms with Crippen molar-refractivity contribution < 1.29 is 24.2 Å². The van der Waals surface area contributed by atoms with Gasteiger partial charge in [-0.2, -0.15) is 15.3 Å². The fourth-order valence-electron chi connectivity index (χ4n) is 7.47. The molecule has 2 aromatic carbocycles. The van der Waals surface area contributed by atoms with E-state index in [9.17, 15) is 20.0 Å². The van der Waals surface area contributed by atoms with Crippen LogP contribution in [0.15, 0.2) is 42.5 Å². The molecule has 2 amide bonds. The maximum absolute atomic E-state index is 14.1. The van der Waals surface area contributed by atoms with Crippen LogP contribution in [0.3, 0.4) is 0 Å². The molecule has 1 N–H and O–H groups in total. The van der Waals surface area contributed by atoms with Gasteiger partial charge in [-0.15, -0.1) is 0 Å². The standard InChI is InChI=1S/C31H29N5O5/c1-16-13-23(33-27-24(16)17(2)34-35(27)4)40-12-11-31-14-22(37)30(3,41-31)25-26(31)29(39)36(28(25)38)21-10-9-18(15-32)19-7-5-6-8-20(19)21/h5-10,13,22,25-26,37H,11-12,14H2,1-4H3. The summed E-state index contributed by atoms with van der Waals surface area (Å²) < 4.78 is 14.3. The van der Waals surface area contributed by atoms with Crippen LogP contribution in [0.2, 0.25) is 0 Å². The molecule has 0 spiro atoms. The number of nitrogens with zero attached hydrogens (tertiary/aromatic N) is 5. The maximum Gasteiger partial charge on any atom is 0.240 e.